The number of hydrogen-bond donors (Lipinski definition) is 0. The van der Waals surface area contributed by atoms with E-state index >= 15 is 0 Å². The van der Waals surface area contributed by atoms with Gasteiger partial charge in [0.25, 0.3) is 5.91 Å². The molecule has 0 bridgehead atoms. The van der Waals surface area contributed by atoms with E-state index in [-0.39, 0.29) is 16.5 Å². The van der Waals surface area contributed by atoms with Gasteiger partial charge < -0.3 is 9.80 Å². The van der Waals surface area contributed by atoms with Crippen molar-refractivity contribution in [3.63, 3.8) is 0 Å². The zero-order valence-electron chi connectivity index (χ0n) is 15.0. The summed E-state index contributed by atoms with van der Waals surface area (Å²) >= 11 is 6.03. The number of benzene rings is 1. The lowest BCUT2D eigenvalue weighted by atomic mass is 10.1. The maximum absolute atomic E-state index is 14.0. The molecule has 0 N–H and O–H groups in total. The first-order valence-electron chi connectivity index (χ1n) is 8.60. The van der Waals surface area contributed by atoms with Crippen LogP contribution in [0.2, 0.25) is 5.02 Å². The lowest BCUT2D eigenvalue weighted by molar-refractivity contribution is 0.0742. The van der Waals surface area contributed by atoms with Crippen LogP contribution in [0.3, 0.4) is 0 Å². The van der Waals surface area contributed by atoms with Gasteiger partial charge in [0, 0.05) is 33.2 Å². The average molecular weight is 389 g/mol. The van der Waals surface area contributed by atoms with Crippen molar-refractivity contribution in [3.8, 4) is 0 Å². The second-order valence-corrected chi connectivity index (χ2v) is 6.89. The smallest absolute Gasteiger partial charge is 0.258 e. The van der Waals surface area contributed by atoms with Gasteiger partial charge >= 0.3 is 0 Å². The first-order chi connectivity index (χ1) is 13.0. The molecule has 0 spiro atoms. The highest BCUT2D eigenvalue weighted by Crippen LogP contribution is 2.26. The van der Waals surface area contributed by atoms with Crippen LogP contribution in [0.15, 0.2) is 24.5 Å². The first-order valence-corrected chi connectivity index (χ1v) is 8.97. The van der Waals surface area contributed by atoms with Crippen LogP contribution in [0.5, 0.6) is 0 Å². The minimum Gasteiger partial charge on any atom is -0.351 e. The number of fused-ring (bicyclic) bond motifs is 1. The predicted octanol–water partition coefficient (Wildman–Crippen LogP) is 2.43. The zero-order valence-corrected chi connectivity index (χ0v) is 15.7. The van der Waals surface area contributed by atoms with Crippen LogP contribution >= 0.6 is 11.6 Å². The standard InChI is InChI=1S/C18H18ClFN6O/c1-11-15-16(24(2)23-11)17(22-10-21-15)25-6-8-26(9-7-25)18(27)14-12(19)4-3-5-13(14)20/h3-5,10H,6-9H2,1-2H3. The van der Waals surface area contributed by atoms with Gasteiger partial charge in [-0.2, -0.15) is 5.10 Å². The number of anilines is 1. The van der Waals surface area contributed by atoms with Gasteiger partial charge in [0.05, 0.1) is 16.3 Å². The molecular weight excluding hydrogens is 371 g/mol. The van der Waals surface area contributed by atoms with Crippen LogP contribution in [-0.2, 0) is 7.05 Å². The number of piperazine rings is 1. The molecule has 4 rings (SSSR count). The third-order valence-corrected chi connectivity index (χ3v) is 5.13. The van der Waals surface area contributed by atoms with Crippen molar-refractivity contribution in [1.29, 1.82) is 0 Å². The molecule has 0 atom stereocenters. The Hall–Kier alpha value is -2.74. The summed E-state index contributed by atoms with van der Waals surface area (Å²) in [5.74, 6) is -0.195. The fraction of sp³-hybridized carbons (Fsp3) is 0.333. The molecule has 3 aromatic rings. The molecule has 3 heterocycles. The van der Waals surface area contributed by atoms with Crippen LogP contribution in [0, 0.1) is 12.7 Å². The molecule has 0 radical (unpaired) electrons. The quantitative estimate of drug-likeness (QED) is 0.674. The van der Waals surface area contributed by atoms with E-state index in [0.717, 1.165) is 22.5 Å². The monoisotopic (exact) mass is 388 g/mol. The van der Waals surface area contributed by atoms with Gasteiger partial charge in [0.2, 0.25) is 0 Å². The van der Waals surface area contributed by atoms with Crippen LogP contribution in [0.4, 0.5) is 10.2 Å². The molecule has 1 aromatic carbocycles. The number of nitrogens with zero attached hydrogens (tertiary/aromatic N) is 6. The summed E-state index contributed by atoms with van der Waals surface area (Å²) < 4.78 is 15.8. The maximum Gasteiger partial charge on any atom is 0.258 e. The topological polar surface area (TPSA) is 67.2 Å². The van der Waals surface area contributed by atoms with Gasteiger partial charge in [-0.25, -0.2) is 14.4 Å². The number of rotatable bonds is 2. The van der Waals surface area contributed by atoms with E-state index in [9.17, 15) is 9.18 Å². The Bertz CT molecular complexity index is 1010. The fourth-order valence-electron chi connectivity index (χ4n) is 3.47. The van der Waals surface area contributed by atoms with Crippen molar-refractivity contribution >= 4 is 34.4 Å². The summed E-state index contributed by atoms with van der Waals surface area (Å²) in [5.41, 5.74) is 2.46. The maximum atomic E-state index is 14.0. The molecule has 140 valence electrons. The Balaban J connectivity index is 1.56. The van der Waals surface area contributed by atoms with Gasteiger partial charge in [-0.15, -0.1) is 0 Å². The second-order valence-electron chi connectivity index (χ2n) is 6.48. The molecule has 1 saturated heterocycles. The summed E-state index contributed by atoms with van der Waals surface area (Å²) in [6.45, 7) is 3.97. The highest BCUT2D eigenvalue weighted by Gasteiger charge is 2.27. The third kappa shape index (κ3) is 2.99. The molecule has 9 heteroatoms. The van der Waals surface area contributed by atoms with E-state index in [2.05, 4.69) is 20.0 Å². The highest BCUT2D eigenvalue weighted by atomic mass is 35.5. The minimum atomic E-state index is -0.599. The van der Waals surface area contributed by atoms with Crippen molar-refractivity contribution in [3.05, 3.63) is 46.6 Å². The van der Waals surface area contributed by atoms with Crippen LogP contribution in [0.25, 0.3) is 11.0 Å². The van der Waals surface area contributed by atoms with Gasteiger partial charge in [0.1, 0.15) is 23.2 Å². The van der Waals surface area contributed by atoms with Crippen molar-refractivity contribution in [1.82, 2.24) is 24.6 Å². The number of hydrogen-bond acceptors (Lipinski definition) is 5. The largest absolute Gasteiger partial charge is 0.351 e. The van der Waals surface area contributed by atoms with Crippen LogP contribution < -0.4 is 4.90 Å². The van der Waals surface area contributed by atoms with Crippen LogP contribution in [-0.4, -0.2) is 56.7 Å². The van der Waals surface area contributed by atoms with Crippen LogP contribution in [0.1, 0.15) is 16.1 Å². The Morgan fingerprint density at radius 3 is 2.63 bits per heavy atom. The second kappa shape index (κ2) is 6.77. The molecule has 27 heavy (non-hydrogen) atoms. The minimum absolute atomic E-state index is 0.0701. The molecule has 0 saturated carbocycles. The van der Waals surface area contributed by atoms with E-state index in [1.807, 2.05) is 14.0 Å². The first kappa shape index (κ1) is 17.7. The Morgan fingerprint density at radius 1 is 1.19 bits per heavy atom. The molecule has 1 fully saturated rings. The lowest BCUT2D eigenvalue weighted by Crippen LogP contribution is -2.49. The van der Waals surface area contributed by atoms with Crippen molar-refractivity contribution in [2.24, 2.45) is 7.05 Å². The van der Waals surface area contributed by atoms with E-state index in [4.69, 9.17) is 11.6 Å². The van der Waals surface area contributed by atoms with Crippen molar-refractivity contribution in [2.45, 2.75) is 6.92 Å². The summed E-state index contributed by atoms with van der Waals surface area (Å²) in [5, 5.41) is 4.54. The summed E-state index contributed by atoms with van der Waals surface area (Å²) in [4.78, 5) is 25.2. The molecule has 0 aliphatic carbocycles. The number of halogens is 2. The van der Waals surface area contributed by atoms with Gasteiger partial charge in [-0.3, -0.25) is 9.48 Å². The molecule has 1 aliphatic heterocycles. The van der Waals surface area contributed by atoms with Crippen molar-refractivity contribution in [2.75, 3.05) is 31.1 Å². The Kier molecular flexibility index (Phi) is 4.43. The summed E-state index contributed by atoms with van der Waals surface area (Å²) in [6.07, 6.45) is 1.53. The molecule has 1 amide bonds. The fourth-order valence-corrected chi connectivity index (χ4v) is 3.71. The Morgan fingerprint density at radius 2 is 1.93 bits per heavy atom. The third-order valence-electron chi connectivity index (χ3n) is 4.81. The normalized spacial score (nSPS) is 14.8. The summed E-state index contributed by atoms with van der Waals surface area (Å²) in [6, 6.07) is 4.26. The lowest BCUT2D eigenvalue weighted by Gasteiger charge is -2.35. The molecule has 7 nitrogen and oxygen atoms in total. The number of amides is 1. The number of aromatic nitrogens is 4. The number of aryl methyl sites for hydroxylation is 2. The van der Waals surface area contributed by atoms with Crippen molar-refractivity contribution < 1.29 is 9.18 Å². The molecule has 0 unspecified atom stereocenters. The van der Waals surface area contributed by atoms with E-state index in [1.54, 1.807) is 9.58 Å². The van der Waals surface area contributed by atoms with Gasteiger partial charge in [-0.05, 0) is 19.1 Å². The zero-order chi connectivity index (χ0) is 19.1. The average Bonchev–Trinajstić information content (AvgIpc) is 2.96. The number of carbonyl (C=O) groups is 1. The Labute approximate surface area is 160 Å². The van der Waals surface area contributed by atoms with Gasteiger partial charge in [0.15, 0.2) is 5.82 Å². The molecule has 1 aliphatic rings. The molecular formula is C18H18ClFN6O. The van der Waals surface area contributed by atoms with E-state index < -0.39 is 5.82 Å². The highest BCUT2D eigenvalue weighted by molar-refractivity contribution is 6.33. The molecule has 2 aromatic heterocycles. The van der Waals surface area contributed by atoms with E-state index in [1.165, 1.54) is 24.5 Å². The van der Waals surface area contributed by atoms with E-state index in [0.29, 0.717) is 26.2 Å². The SMILES string of the molecule is Cc1nn(C)c2c(N3CCN(C(=O)c4c(F)cccc4Cl)CC3)ncnc12. The predicted molar refractivity (Wildman–Crippen MR) is 101 cm³/mol. The summed E-state index contributed by atoms with van der Waals surface area (Å²) in [7, 11) is 1.86. The van der Waals surface area contributed by atoms with Gasteiger partial charge in [-0.1, -0.05) is 17.7 Å². The number of carbonyl (C=O) groups excluding carboxylic acids is 1.